The lowest BCUT2D eigenvalue weighted by Crippen LogP contribution is -2.32. The molecule has 0 aromatic heterocycles. The van der Waals surface area contributed by atoms with E-state index in [0.29, 0.717) is 0 Å². The molecule has 0 fully saturated rings. The predicted octanol–water partition coefficient (Wildman–Crippen LogP) is 2.53. The number of hydrogen-bond donors (Lipinski definition) is 3. The minimum Gasteiger partial charge on any atom is -0.378 e. The summed E-state index contributed by atoms with van der Waals surface area (Å²) >= 11 is 0. The molecule has 29 heavy (non-hydrogen) atoms. The molecule has 1 atom stereocenters. The summed E-state index contributed by atoms with van der Waals surface area (Å²) in [5.41, 5.74) is 0.0727. The monoisotopic (exact) mass is 430 g/mol. The fourth-order valence-corrected chi connectivity index (χ4v) is 3.48. The molecule has 0 unspecified atom stereocenters. The SMILES string of the molecule is Cc1ccc(S(=O)(=O)NCCCNC(=O)[C@H](O)c2ccc(C(F)(F)F)cc2)cc1. The molecule has 6 nitrogen and oxygen atoms in total. The Morgan fingerprint density at radius 2 is 1.62 bits per heavy atom. The van der Waals surface area contributed by atoms with Gasteiger partial charge in [0, 0.05) is 13.1 Å². The summed E-state index contributed by atoms with van der Waals surface area (Å²) in [6, 6.07) is 9.96. The van der Waals surface area contributed by atoms with Crippen molar-refractivity contribution < 1.29 is 31.5 Å². The van der Waals surface area contributed by atoms with Gasteiger partial charge < -0.3 is 10.4 Å². The van der Waals surface area contributed by atoms with Crippen molar-refractivity contribution in [1.29, 1.82) is 0 Å². The summed E-state index contributed by atoms with van der Waals surface area (Å²) < 4.78 is 64.2. The smallest absolute Gasteiger partial charge is 0.378 e. The number of benzene rings is 2. The molecule has 2 aromatic rings. The molecule has 0 bridgehead atoms. The number of rotatable bonds is 8. The Labute approximate surface area is 166 Å². The number of carbonyl (C=O) groups is 1. The number of aryl methyl sites for hydroxylation is 1. The molecule has 0 radical (unpaired) electrons. The van der Waals surface area contributed by atoms with E-state index in [1.54, 1.807) is 12.1 Å². The van der Waals surface area contributed by atoms with Crippen molar-refractivity contribution in [3.8, 4) is 0 Å². The lowest BCUT2D eigenvalue weighted by molar-refractivity contribution is -0.137. The van der Waals surface area contributed by atoms with Crippen LogP contribution in [0.25, 0.3) is 0 Å². The van der Waals surface area contributed by atoms with Gasteiger partial charge in [0.05, 0.1) is 10.5 Å². The van der Waals surface area contributed by atoms with Crippen LogP contribution < -0.4 is 10.0 Å². The van der Waals surface area contributed by atoms with E-state index < -0.39 is 33.8 Å². The van der Waals surface area contributed by atoms with Crippen molar-refractivity contribution in [2.24, 2.45) is 0 Å². The molecule has 0 spiro atoms. The molecule has 1 amide bonds. The molecule has 0 aliphatic heterocycles. The van der Waals surface area contributed by atoms with Crippen LogP contribution in [0.4, 0.5) is 13.2 Å². The van der Waals surface area contributed by atoms with Crippen molar-refractivity contribution in [3.63, 3.8) is 0 Å². The van der Waals surface area contributed by atoms with E-state index in [4.69, 9.17) is 0 Å². The Morgan fingerprint density at radius 1 is 1.03 bits per heavy atom. The van der Waals surface area contributed by atoms with Crippen LogP contribution in [0.5, 0.6) is 0 Å². The van der Waals surface area contributed by atoms with Gasteiger partial charge in [0.15, 0.2) is 6.10 Å². The van der Waals surface area contributed by atoms with Crippen LogP contribution in [-0.4, -0.2) is 32.5 Å². The number of aliphatic hydroxyl groups excluding tert-OH is 1. The Kier molecular flexibility index (Phi) is 7.39. The van der Waals surface area contributed by atoms with E-state index in [2.05, 4.69) is 10.0 Å². The third kappa shape index (κ3) is 6.55. The molecular formula is C19H21F3N2O4S. The highest BCUT2D eigenvalue weighted by molar-refractivity contribution is 7.89. The van der Waals surface area contributed by atoms with Crippen molar-refractivity contribution in [2.75, 3.05) is 13.1 Å². The standard InChI is InChI=1S/C19H21F3N2O4S/c1-13-3-9-16(10-4-13)29(27,28)24-12-2-11-23-18(26)17(25)14-5-7-15(8-6-14)19(20,21)22/h3-10,17,24-25H,2,11-12H2,1H3,(H,23,26)/t17-/m1/s1. The predicted molar refractivity (Wildman–Crippen MR) is 100 cm³/mol. The molecule has 3 N–H and O–H groups in total. The molecule has 158 valence electrons. The quantitative estimate of drug-likeness (QED) is 0.561. The van der Waals surface area contributed by atoms with E-state index in [0.717, 1.165) is 29.8 Å². The van der Waals surface area contributed by atoms with Crippen molar-refractivity contribution in [2.45, 2.75) is 30.5 Å². The maximum absolute atomic E-state index is 12.5. The third-order valence-electron chi connectivity index (χ3n) is 4.08. The minimum atomic E-state index is -4.50. The van der Waals surface area contributed by atoms with Crippen LogP contribution in [0.2, 0.25) is 0 Å². The molecular weight excluding hydrogens is 409 g/mol. The Morgan fingerprint density at radius 3 is 2.17 bits per heavy atom. The van der Waals surface area contributed by atoms with Crippen LogP contribution in [0.1, 0.15) is 29.2 Å². The van der Waals surface area contributed by atoms with E-state index in [1.165, 1.54) is 12.1 Å². The lowest BCUT2D eigenvalue weighted by Gasteiger charge is -2.13. The van der Waals surface area contributed by atoms with Gasteiger partial charge in [-0.25, -0.2) is 13.1 Å². The topological polar surface area (TPSA) is 95.5 Å². The number of sulfonamides is 1. The first kappa shape index (κ1) is 22.9. The van der Waals surface area contributed by atoms with Gasteiger partial charge in [-0.2, -0.15) is 13.2 Å². The number of aliphatic hydroxyl groups is 1. The summed E-state index contributed by atoms with van der Waals surface area (Å²) in [6.45, 7) is 1.98. The van der Waals surface area contributed by atoms with Crippen LogP contribution in [0.15, 0.2) is 53.4 Å². The molecule has 0 aliphatic carbocycles. The van der Waals surface area contributed by atoms with Gasteiger partial charge in [0.1, 0.15) is 0 Å². The summed E-state index contributed by atoms with van der Waals surface area (Å²) in [4.78, 5) is 12.0. The molecule has 2 rings (SSSR count). The van der Waals surface area contributed by atoms with Crippen LogP contribution in [-0.2, 0) is 21.0 Å². The fourth-order valence-electron chi connectivity index (χ4n) is 2.41. The average molecular weight is 430 g/mol. The van der Waals surface area contributed by atoms with Gasteiger partial charge in [0.2, 0.25) is 10.0 Å². The van der Waals surface area contributed by atoms with Gasteiger partial charge in [-0.3, -0.25) is 4.79 Å². The zero-order chi connectivity index (χ0) is 21.7. The summed E-state index contributed by atoms with van der Waals surface area (Å²) in [6.07, 6.45) is -5.87. The van der Waals surface area contributed by atoms with Crippen LogP contribution in [0, 0.1) is 6.92 Å². The van der Waals surface area contributed by atoms with Crippen LogP contribution in [0.3, 0.4) is 0 Å². The highest BCUT2D eigenvalue weighted by atomic mass is 32.2. The van der Waals surface area contributed by atoms with E-state index in [-0.39, 0.29) is 30.0 Å². The number of hydrogen-bond acceptors (Lipinski definition) is 4. The Hall–Kier alpha value is -2.43. The van der Waals surface area contributed by atoms with Crippen molar-refractivity contribution in [3.05, 3.63) is 65.2 Å². The average Bonchev–Trinajstić information content (AvgIpc) is 2.66. The van der Waals surface area contributed by atoms with Gasteiger partial charge in [-0.15, -0.1) is 0 Å². The third-order valence-corrected chi connectivity index (χ3v) is 5.56. The molecule has 0 saturated heterocycles. The number of halogens is 3. The summed E-state index contributed by atoms with van der Waals surface area (Å²) in [7, 11) is -3.66. The second-order valence-corrected chi connectivity index (χ2v) is 8.14. The van der Waals surface area contributed by atoms with Crippen molar-refractivity contribution >= 4 is 15.9 Å². The lowest BCUT2D eigenvalue weighted by atomic mass is 10.1. The molecule has 0 saturated carbocycles. The Balaban J connectivity index is 1.78. The van der Waals surface area contributed by atoms with Gasteiger partial charge in [0.25, 0.3) is 5.91 Å². The largest absolute Gasteiger partial charge is 0.416 e. The van der Waals surface area contributed by atoms with Crippen molar-refractivity contribution in [1.82, 2.24) is 10.0 Å². The first-order valence-electron chi connectivity index (χ1n) is 8.70. The van der Waals surface area contributed by atoms with E-state index in [1.807, 2.05) is 6.92 Å². The second kappa shape index (κ2) is 9.38. The highest BCUT2D eigenvalue weighted by Crippen LogP contribution is 2.29. The maximum atomic E-state index is 12.5. The zero-order valence-corrected chi connectivity index (χ0v) is 16.3. The Bertz CT molecular complexity index is 927. The maximum Gasteiger partial charge on any atom is 0.416 e. The van der Waals surface area contributed by atoms with Gasteiger partial charge in [-0.05, 0) is 43.2 Å². The number of alkyl halides is 3. The van der Waals surface area contributed by atoms with Crippen LogP contribution >= 0.6 is 0 Å². The normalized spacial score (nSPS) is 13.1. The summed E-state index contributed by atoms with van der Waals surface area (Å²) in [5.74, 6) is -0.786. The number of carbonyl (C=O) groups excluding carboxylic acids is 1. The zero-order valence-electron chi connectivity index (χ0n) is 15.5. The summed E-state index contributed by atoms with van der Waals surface area (Å²) in [5, 5.41) is 12.3. The van der Waals surface area contributed by atoms with Gasteiger partial charge >= 0.3 is 6.18 Å². The molecule has 2 aromatic carbocycles. The second-order valence-electron chi connectivity index (χ2n) is 6.38. The van der Waals surface area contributed by atoms with E-state index in [9.17, 15) is 31.5 Å². The molecule has 10 heteroatoms. The fraction of sp³-hybridized carbons (Fsp3) is 0.316. The molecule has 0 heterocycles. The minimum absolute atomic E-state index is 0.0237. The number of amides is 1. The molecule has 0 aliphatic rings. The van der Waals surface area contributed by atoms with E-state index >= 15 is 0 Å². The highest BCUT2D eigenvalue weighted by Gasteiger charge is 2.30. The van der Waals surface area contributed by atoms with Gasteiger partial charge in [-0.1, -0.05) is 29.8 Å². The first-order valence-corrected chi connectivity index (χ1v) is 10.2. The first-order chi connectivity index (χ1) is 13.5. The number of nitrogens with one attached hydrogen (secondary N) is 2.